The van der Waals surface area contributed by atoms with Gasteiger partial charge < -0.3 is 19.6 Å². The van der Waals surface area contributed by atoms with Crippen molar-refractivity contribution in [2.24, 2.45) is 0 Å². The first-order chi connectivity index (χ1) is 19.2. The molecule has 1 aromatic heterocycles. The number of nitro groups is 1. The molecule has 0 aliphatic heterocycles. The Morgan fingerprint density at radius 3 is 2.55 bits per heavy atom. The maximum atomic E-state index is 13.7. The molecule has 3 aromatic rings. The Balaban J connectivity index is 1.59. The van der Waals surface area contributed by atoms with Crippen molar-refractivity contribution < 1.29 is 37.2 Å². The number of carbonyl (C=O) groups is 1. The van der Waals surface area contributed by atoms with Gasteiger partial charge in [-0.3, -0.25) is 15.0 Å². The van der Waals surface area contributed by atoms with E-state index in [2.05, 4.69) is 5.32 Å². The number of sulfonamides is 1. The summed E-state index contributed by atoms with van der Waals surface area (Å²) in [7, 11) is -4.44. The van der Waals surface area contributed by atoms with E-state index in [9.17, 15) is 28.4 Å². The van der Waals surface area contributed by atoms with Gasteiger partial charge in [-0.25, -0.2) is 13.2 Å². The summed E-state index contributed by atoms with van der Waals surface area (Å²) in [5, 5.41) is 25.2. The predicted molar refractivity (Wildman–Crippen MR) is 143 cm³/mol. The molecule has 2 N–H and O–H groups in total. The second kappa shape index (κ2) is 13.5. The number of ether oxygens (including phenoxy) is 1. The summed E-state index contributed by atoms with van der Waals surface area (Å²) < 4.78 is 38.1. The van der Waals surface area contributed by atoms with E-state index in [4.69, 9.17) is 14.0 Å². The highest BCUT2D eigenvalue weighted by Gasteiger charge is 2.35. The summed E-state index contributed by atoms with van der Waals surface area (Å²) in [6.45, 7) is -0.551. The maximum absolute atomic E-state index is 13.7. The number of carbonyl (C=O) groups excluding carboxylic acids is 1. The Bertz CT molecular complexity index is 1360. The fourth-order valence-electron chi connectivity index (χ4n) is 4.44. The molecule has 13 heteroatoms. The van der Waals surface area contributed by atoms with Crippen molar-refractivity contribution in [3.8, 4) is 5.75 Å². The number of hydrogen-bond acceptors (Lipinski definition) is 9. The average molecular weight is 574 g/mol. The maximum Gasteiger partial charge on any atom is 0.413 e. The SMILES string of the molecule is O=C(N[C@@H](Cc1ccccc1)[C@H](O)CN(OC1CCCCC1)S(=O)(=O)c1cccc([N+](=O)[O-])c1)Oc1ccoc1. The highest BCUT2D eigenvalue weighted by Crippen LogP contribution is 2.27. The number of furan rings is 1. The van der Waals surface area contributed by atoms with Crippen LogP contribution in [0.1, 0.15) is 37.7 Å². The van der Waals surface area contributed by atoms with Crippen LogP contribution in [0.15, 0.2) is 82.5 Å². The van der Waals surface area contributed by atoms with E-state index in [0.717, 1.165) is 30.9 Å². The number of hydroxylamine groups is 1. The number of rotatable bonds is 12. The molecular formula is C27H31N3O9S. The van der Waals surface area contributed by atoms with Crippen LogP contribution in [0, 0.1) is 10.1 Å². The molecule has 1 fully saturated rings. The molecule has 1 amide bonds. The van der Waals surface area contributed by atoms with E-state index in [1.807, 2.05) is 6.07 Å². The number of aliphatic hydroxyl groups is 1. The minimum absolute atomic E-state index is 0.149. The molecule has 0 unspecified atom stereocenters. The smallest absolute Gasteiger partial charge is 0.413 e. The van der Waals surface area contributed by atoms with Gasteiger partial charge in [-0.15, -0.1) is 0 Å². The van der Waals surface area contributed by atoms with Gasteiger partial charge in [0.2, 0.25) is 0 Å². The molecule has 12 nitrogen and oxygen atoms in total. The number of non-ortho nitro benzene ring substituents is 1. The van der Waals surface area contributed by atoms with Crippen molar-refractivity contribution in [2.75, 3.05) is 6.54 Å². The van der Waals surface area contributed by atoms with Gasteiger partial charge in [0.15, 0.2) is 5.75 Å². The molecule has 0 radical (unpaired) electrons. The molecule has 1 aliphatic carbocycles. The first-order valence-corrected chi connectivity index (χ1v) is 14.3. The molecule has 0 saturated heterocycles. The average Bonchev–Trinajstić information content (AvgIpc) is 3.46. The van der Waals surface area contributed by atoms with E-state index < -0.39 is 51.5 Å². The van der Waals surface area contributed by atoms with Gasteiger partial charge in [0, 0.05) is 18.2 Å². The number of nitro benzene ring substituents is 1. The summed E-state index contributed by atoms with van der Waals surface area (Å²) in [6.07, 6.45) is 3.94. The summed E-state index contributed by atoms with van der Waals surface area (Å²) in [6, 6.07) is 14.1. The van der Waals surface area contributed by atoms with E-state index in [1.165, 1.54) is 36.8 Å². The van der Waals surface area contributed by atoms with Crippen molar-refractivity contribution in [1.82, 2.24) is 9.79 Å². The van der Waals surface area contributed by atoms with Crippen LogP contribution in [0.4, 0.5) is 10.5 Å². The number of hydrogen-bond donors (Lipinski definition) is 2. The molecule has 40 heavy (non-hydrogen) atoms. The molecule has 0 spiro atoms. The number of nitrogens with zero attached hydrogens (tertiary/aromatic N) is 2. The third-order valence-electron chi connectivity index (χ3n) is 6.52. The van der Waals surface area contributed by atoms with E-state index in [1.54, 1.807) is 24.3 Å². The second-order valence-corrected chi connectivity index (χ2v) is 11.3. The fraction of sp³-hybridized carbons (Fsp3) is 0.370. The molecule has 0 bridgehead atoms. The van der Waals surface area contributed by atoms with Crippen LogP contribution < -0.4 is 10.1 Å². The van der Waals surface area contributed by atoms with Crippen LogP contribution in [0.25, 0.3) is 0 Å². The Labute approximate surface area is 231 Å². The number of nitrogens with one attached hydrogen (secondary N) is 1. The van der Waals surface area contributed by atoms with Crippen LogP contribution in [0.5, 0.6) is 5.75 Å². The summed E-state index contributed by atoms with van der Waals surface area (Å²) >= 11 is 0. The Hall–Kier alpha value is -3.78. The molecule has 4 rings (SSSR count). The van der Waals surface area contributed by atoms with Gasteiger partial charge in [0.1, 0.15) is 6.26 Å². The Kier molecular flexibility index (Phi) is 9.88. The van der Waals surface area contributed by atoms with Gasteiger partial charge in [0.05, 0.1) is 40.9 Å². The summed E-state index contributed by atoms with van der Waals surface area (Å²) in [5.74, 6) is 0.154. The third-order valence-corrected chi connectivity index (χ3v) is 8.14. The topological polar surface area (TPSA) is 161 Å². The third kappa shape index (κ3) is 7.88. The van der Waals surface area contributed by atoms with Gasteiger partial charge in [0.25, 0.3) is 15.7 Å². The van der Waals surface area contributed by atoms with Gasteiger partial charge in [-0.1, -0.05) is 60.1 Å². The lowest BCUT2D eigenvalue weighted by Crippen LogP contribution is -2.51. The lowest BCUT2D eigenvalue weighted by atomic mass is 9.98. The van der Waals surface area contributed by atoms with Crippen LogP contribution >= 0.6 is 0 Å². The molecule has 1 saturated carbocycles. The van der Waals surface area contributed by atoms with Crippen molar-refractivity contribution in [3.63, 3.8) is 0 Å². The predicted octanol–water partition coefficient (Wildman–Crippen LogP) is 4.20. The van der Waals surface area contributed by atoms with Crippen LogP contribution in [-0.2, 0) is 21.3 Å². The van der Waals surface area contributed by atoms with Crippen LogP contribution in [0.2, 0.25) is 0 Å². The highest BCUT2D eigenvalue weighted by molar-refractivity contribution is 7.89. The van der Waals surface area contributed by atoms with E-state index >= 15 is 0 Å². The normalized spacial score (nSPS) is 15.8. The van der Waals surface area contributed by atoms with Crippen molar-refractivity contribution >= 4 is 21.8 Å². The Morgan fingerprint density at radius 2 is 1.88 bits per heavy atom. The highest BCUT2D eigenvalue weighted by atomic mass is 32.2. The molecule has 214 valence electrons. The van der Waals surface area contributed by atoms with E-state index in [0.29, 0.717) is 17.3 Å². The quantitative estimate of drug-likeness (QED) is 0.239. The van der Waals surface area contributed by atoms with Gasteiger partial charge in [-0.2, -0.15) is 0 Å². The fourth-order valence-corrected chi connectivity index (χ4v) is 5.78. The minimum Gasteiger partial charge on any atom is -0.469 e. The zero-order valence-electron chi connectivity index (χ0n) is 21.6. The standard InChI is InChI=1S/C27H31N3O9S/c31-26(25(16-20-8-3-1-4-9-20)28-27(32)38-23-14-15-37-19-23)18-29(39-22-11-5-2-6-12-22)40(35,36)24-13-7-10-21(17-24)30(33)34/h1,3-4,7-10,13-15,17,19,22,25-26,31H,2,5-6,11-12,16,18H2,(H,28,32)/t25-,26+/m0/s1. The summed E-state index contributed by atoms with van der Waals surface area (Å²) in [4.78, 5) is 28.8. The summed E-state index contributed by atoms with van der Waals surface area (Å²) in [5.41, 5.74) is 0.376. The number of amides is 1. The largest absolute Gasteiger partial charge is 0.469 e. The van der Waals surface area contributed by atoms with Crippen molar-refractivity contribution in [1.29, 1.82) is 0 Å². The molecule has 1 heterocycles. The molecule has 2 atom stereocenters. The van der Waals surface area contributed by atoms with E-state index in [-0.39, 0.29) is 17.1 Å². The van der Waals surface area contributed by atoms with Gasteiger partial charge in [-0.05, 0) is 30.9 Å². The number of aliphatic hydroxyl groups excluding tert-OH is 1. The first kappa shape index (κ1) is 29.2. The monoisotopic (exact) mass is 573 g/mol. The molecular weight excluding hydrogens is 542 g/mol. The zero-order chi connectivity index (χ0) is 28.5. The zero-order valence-corrected chi connectivity index (χ0v) is 22.4. The minimum atomic E-state index is -4.44. The van der Waals surface area contributed by atoms with Crippen LogP contribution in [-0.4, -0.2) is 53.8 Å². The Morgan fingerprint density at radius 1 is 1.12 bits per heavy atom. The van der Waals surface area contributed by atoms with Crippen molar-refractivity contribution in [3.05, 3.63) is 88.9 Å². The second-order valence-electron chi connectivity index (χ2n) is 9.47. The lowest BCUT2D eigenvalue weighted by Gasteiger charge is -2.32. The van der Waals surface area contributed by atoms with Crippen LogP contribution in [0.3, 0.4) is 0 Å². The first-order valence-electron chi connectivity index (χ1n) is 12.9. The number of benzene rings is 2. The van der Waals surface area contributed by atoms with Crippen molar-refractivity contribution in [2.45, 2.75) is 61.7 Å². The van der Waals surface area contributed by atoms with Gasteiger partial charge >= 0.3 is 6.09 Å². The lowest BCUT2D eigenvalue weighted by molar-refractivity contribution is -0.385. The molecule has 2 aromatic carbocycles. The molecule has 1 aliphatic rings.